The topological polar surface area (TPSA) is 29.5 Å². The molecular weight excluding hydrogens is 353 g/mol. The molecule has 3 aromatic carbocycles. The third-order valence-electron chi connectivity index (χ3n) is 5.16. The zero-order valence-electron chi connectivity index (χ0n) is 15.7. The van der Waals surface area contributed by atoms with Crippen molar-refractivity contribution >= 4 is 5.91 Å². The predicted octanol–water partition coefficient (Wildman–Crippen LogP) is 4.77. The van der Waals surface area contributed by atoms with E-state index in [0.29, 0.717) is 12.3 Å². The lowest BCUT2D eigenvalue weighted by Crippen LogP contribution is -2.46. The van der Waals surface area contributed by atoms with Gasteiger partial charge in [-0.05, 0) is 54.3 Å². The van der Waals surface area contributed by atoms with Crippen LogP contribution in [0.4, 0.5) is 4.39 Å². The number of hydrogen-bond donors (Lipinski definition) is 0. The first-order chi connectivity index (χ1) is 13.6. The highest BCUT2D eigenvalue weighted by atomic mass is 19.1. The van der Waals surface area contributed by atoms with Crippen molar-refractivity contribution in [1.29, 1.82) is 0 Å². The summed E-state index contributed by atoms with van der Waals surface area (Å²) in [5, 5.41) is 0. The Morgan fingerprint density at radius 3 is 2.43 bits per heavy atom. The van der Waals surface area contributed by atoms with Crippen molar-refractivity contribution in [3.05, 3.63) is 101 Å². The molecule has 4 rings (SSSR count). The molecule has 0 bridgehead atoms. The SMILES string of the molecule is CC(Oc1ccccc1)C(=O)N1CCc2ccccc2C1c1ccc(F)cc1. The van der Waals surface area contributed by atoms with Crippen LogP contribution >= 0.6 is 0 Å². The Kier molecular flexibility index (Phi) is 5.11. The highest BCUT2D eigenvalue weighted by Crippen LogP contribution is 2.35. The van der Waals surface area contributed by atoms with Gasteiger partial charge in [0.15, 0.2) is 6.10 Å². The number of nitrogens with zero attached hydrogens (tertiary/aromatic N) is 1. The van der Waals surface area contributed by atoms with Crippen molar-refractivity contribution in [2.45, 2.75) is 25.5 Å². The quantitative estimate of drug-likeness (QED) is 0.658. The number of benzene rings is 3. The van der Waals surface area contributed by atoms with Crippen molar-refractivity contribution in [1.82, 2.24) is 4.90 Å². The standard InChI is InChI=1S/C24H22FNO2/c1-17(28-21-8-3-2-4-9-21)24(27)26-16-15-18-7-5-6-10-22(18)23(26)19-11-13-20(25)14-12-19/h2-14,17,23H,15-16H2,1H3. The first-order valence-electron chi connectivity index (χ1n) is 9.49. The lowest BCUT2D eigenvalue weighted by molar-refractivity contribution is -0.140. The first kappa shape index (κ1) is 18.2. The summed E-state index contributed by atoms with van der Waals surface area (Å²) >= 11 is 0. The Labute approximate surface area is 164 Å². The largest absolute Gasteiger partial charge is 0.481 e. The van der Waals surface area contributed by atoms with Gasteiger partial charge in [-0.2, -0.15) is 0 Å². The number of rotatable bonds is 4. The maximum absolute atomic E-state index is 13.5. The highest BCUT2D eigenvalue weighted by Gasteiger charge is 2.34. The molecule has 0 N–H and O–H groups in total. The molecule has 2 unspecified atom stereocenters. The Bertz CT molecular complexity index is 956. The Morgan fingerprint density at radius 2 is 1.68 bits per heavy atom. The first-order valence-corrected chi connectivity index (χ1v) is 9.49. The number of halogens is 1. The van der Waals surface area contributed by atoms with Crippen LogP contribution in [0.15, 0.2) is 78.9 Å². The van der Waals surface area contributed by atoms with E-state index in [1.54, 1.807) is 19.1 Å². The second-order valence-electron chi connectivity index (χ2n) is 7.01. The van der Waals surface area contributed by atoms with E-state index < -0.39 is 6.10 Å². The fraction of sp³-hybridized carbons (Fsp3) is 0.208. The molecule has 0 saturated heterocycles. The van der Waals surface area contributed by atoms with Crippen molar-refractivity contribution in [3.63, 3.8) is 0 Å². The van der Waals surface area contributed by atoms with Gasteiger partial charge >= 0.3 is 0 Å². The van der Waals surface area contributed by atoms with Crippen LogP contribution in [0, 0.1) is 5.82 Å². The molecular formula is C24H22FNO2. The van der Waals surface area contributed by atoms with E-state index in [1.165, 1.54) is 17.7 Å². The molecule has 0 radical (unpaired) electrons. The molecule has 3 aromatic rings. The van der Waals surface area contributed by atoms with Crippen LogP contribution in [-0.4, -0.2) is 23.5 Å². The van der Waals surface area contributed by atoms with E-state index in [9.17, 15) is 9.18 Å². The third kappa shape index (κ3) is 3.63. The molecule has 1 heterocycles. The molecule has 1 amide bonds. The monoisotopic (exact) mass is 375 g/mol. The highest BCUT2D eigenvalue weighted by molar-refractivity contribution is 5.82. The molecule has 28 heavy (non-hydrogen) atoms. The second kappa shape index (κ2) is 7.85. The fourth-order valence-corrected chi connectivity index (χ4v) is 3.80. The number of ether oxygens (including phenoxy) is 1. The molecule has 1 aliphatic rings. The summed E-state index contributed by atoms with van der Waals surface area (Å²) < 4.78 is 19.3. The van der Waals surface area contributed by atoms with Gasteiger partial charge in [-0.25, -0.2) is 4.39 Å². The van der Waals surface area contributed by atoms with E-state index in [4.69, 9.17) is 4.74 Å². The van der Waals surface area contributed by atoms with Crippen LogP contribution < -0.4 is 4.74 Å². The van der Waals surface area contributed by atoms with Gasteiger partial charge in [0, 0.05) is 6.54 Å². The van der Waals surface area contributed by atoms with Crippen molar-refractivity contribution in [2.24, 2.45) is 0 Å². The van der Waals surface area contributed by atoms with Gasteiger partial charge in [0.1, 0.15) is 11.6 Å². The Balaban J connectivity index is 1.66. The lowest BCUT2D eigenvalue weighted by Gasteiger charge is -2.39. The van der Waals surface area contributed by atoms with Gasteiger partial charge < -0.3 is 9.64 Å². The average molecular weight is 375 g/mol. The minimum Gasteiger partial charge on any atom is -0.481 e. The number of carbonyl (C=O) groups excluding carboxylic acids is 1. The van der Waals surface area contributed by atoms with Crippen LogP contribution in [0.5, 0.6) is 5.75 Å². The maximum atomic E-state index is 13.5. The van der Waals surface area contributed by atoms with Crippen LogP contribution in [-0.2, 0) is 11.2 Å². The summed E-state index contributed by atoms with van der Waals surface area (Å²) in [7, 11) is 0. The van der Waals surface area contributed by atoms with Crippen molar-refractivity contribution < 1.29 is 13.9 Å². The Morgan fingerprint density at radius 1 is 1.00 bits per heavy atom. The second-order valence-corrected chi connectivity index (χ2v) is 7.01. The van der Waals surface area contributed by atoms with Crippen molar-refractivity contribution in [3.8, 4) is 5.75 Å². The molecule has 2 atom stereocenters. The van der Waals surface area contributed by atoms with E-state index in [0.717, 1.165) is 17.5 Å². The lowest BCUT2D eigenvalue weighted by atomic mass is 9.88. The smallest absolute Gasteiger partial charge is 0.264 e. The molecule has 1 aliphatic heterocycles. The summed E-state index contributed by atoms with van der Waals surface area (Å²) in [6.45, 7) is 2.37. The number of para-hydroxylation sites is 1. The molecule has 0 aromatic heterocycles. The summed E-state index contributed by atoms with van der Waals surface area (Å²) in [4.78, 5) is 15.1. The average Bonchev–Trinajstić information content (AvgIpc) is 2.74. The van der Waals surface area contributed by atoms with Crippen LogP contribution in [0.1, 0.15) is 29.7 Å². The number of amides is 1. The number of hydrogen-bond acceptors (Lipinski definition) is 2. The maximum Gasteiger partial charge on any atom is 0.264 e. The molecule has 142 valence electrons. The van der Waals surface area contributed by atoms with Crippen LogP contribution in [0.2, 0.25) is 0 Å². The zero-order chi connectivity index (χ0) is 19.5. The molecule has 0 saturated carbocycles. The van der Waals surface area contributed by atoms with Gasteiger partial charge in [0.2, 0.25) is 0 Å². The van der Waals surface area contributed by atoms with Crippen LogP contribution in [0.3, 0.4) is 0 Å². The summed E-state index contributed by atoms with van der Waals surface area (Å²) in [5.41, 5.74) is 3.20. The molecule has 3 nitrogen and oxygen atoms in total. The van der Waals surface area contributed by atoms with Gasteiger partial charge in [0.25, 0.3) is 5.91 Å². The van der Waals surface area contributed by atoms with Crippen LogP contribution in [0.25, 0.3) is 0 Å². The molecule has 4 heteroatoms. The van der Waals surface area contributed by atoms with E-state index >= 15 is 0 Å². The molecule has 0 spiro atoms. The van der Waals surface area contributed by atoms with Gasteiger partial charge in [0.05, 0.1) is 6.04 Å². The summed E-state index contributed by atoms with van der Waals surface area (Å²) in [6, 6.07) is 23.6. The predicted molar refractivity (Wildman–Crippen MR) is 107 cm³/mol. The van der Waals surface area contributed by atoms with E-state index in [-0.39, 0.29) is 17.8 Å². The van der Waals surface area contributed by atoms with E-state index in [1.807, 2.05) is 53.4 Å². The zero-order valence-corrected chi connectivity index (χ0v) is 15.7. The van der Waals surface area contributed by atoms with Gasteiger partial charge in [-0.3, -0.25) is 4.79 Å². The number of fused-ring (bicyclic) bond motifs is 1. The van der Waals surface area contributed by atoms with Crippen molar-refractivity contribution in [2.75, 3.05) is 6.54 Å². The summed E-state index contributed by atoms with van der Waals surface area (Å²) in [6.07, 6.45) is 0.174. The Hall–Kier alpha value is -3.14. The van der Waals surface area contributed by atoms with Gasteiger partial charge in [-0.1, -0.05) is 54.6 Å². The molecule has 0 aliphatic carbocycles. The number of carbonyl (C=O) groups is 1. The minimum atomic E-state index is -0.615. The fourth-order valence-electron chi connectivity index (χ4n) is 3.80. The van der Waals surface area contributed by atoms with E-state index in [2.05, 4.69) is 6.07 Å². The third-order valence-corrected chi connectivity index (χ3v) is 5.16. The van der Waals surface area contributed by atoms with Gasteiger partial charge in [-0.15, -0.1) is 0 Å². The summed E-state index contributed by atoms with van der Waals surface area (Å²) in [5.74, 6) is 0.304. The molecule has 0 fully saturated rings. The normalized spacial score (nSPS) is 16.9. The minimum absolute atomic E-state index is 0.0762.